The number of aryl methyl sites for hydroxylation is 1. The average Bonchev–Trinajstić information content (AvgIpc) is 3.66. The molecular formula is C46H40N6O7. The molecule has 0 bridgehead atoms. The largest absolute Gasteiger partial charge is 0.491 e. The van der Waals surface area contributed by atoms with Gasteiger partial charge in [-0.05, 0) is 79.8 Å². The molecule has 1 saturated heterocycles. The average molecular weight is 789 g/mol. The van der Waals surface area contributed by atoms with Crippen LogP contribution in [0.15, 0.2) is 104 Å². The second-order valence-electron chi connectivity index (χ2n) is 14.9. The van der Waals surface area contributed by atoms with Gasteiger partial charge in [-0.1, -0.05) is 24.6 Å². The number of hydrogen-bond donors (Lipinski definition) is 1. The molecule has 9 rings (SSSR count). The molecule has 3 amide bonds. The van der Waals surface area contributed by atoms with Gasteiger partial charge >= 0.3 is 0 Å². The Morgan fingerprint density at radius 1 is 0.831 bits per heavy atom. The van der Waals surface area contributed by atoms with E-state index < -0.39 is 29.9 Å². The number of benzene rings is 2. The van der Waals surface area contributed by atoms with E-state index in [4.69, 9.17) is 18.9 Å². The maximum absolute atomic E-state index is 13.1. The van der Waals surface area contributed by atoms with Crippen molar-refractivity contribution >= 4 is 39.5 Å². The Hall–Kier alpha value is -7.04. The summed E-state index contributed by atoms with van der Waals surface area (Å²) in [5, 5.41) is 4.95. The number of carbonyl (C=O) groups excluding carboxylic acids is 3. The summed E-state index contributed by atoms with van der Waals surface area (Å²) in [4.78, 5) is 52.9. The Morgan fingerprint density at radius 3 is 2.44 bits per heavy atom. The molecule has 296 valence electrons. The van der Waals surface area contributed by atoms with E-state index in [-0.39, 0.29) is 36.5 Å². The molecule has 2 unspecified atom stereocenters. The van der Waals surface area contributed by atoms with Crippen molar-refractivity contribution in [2.45, 2.75) is 57.0 Å². The number of piperidine rings is 1. The zero-order valence-corrected chi connectivity index (χ0v) is 32.5. The zero-order valence-electron chi connectivity index (χ0n) is 32.5. The third kappa shape index (κ3) is 7.58. The van der Waals surface area contributed by atoms with Gasteiger partial charge in [0.1, 0.15) is 48.2 Å². The highest BCUT2D eigenvalue weighted by Crippen LogP contribution is 2.34. The number of nitrogens with one attached hydrogen (secondary N) is 1. The quantitative estimate of drug-likeness (QED) is 0.0890. The second-order valence-corrected chi connectivity index (χ2v) is 14.9. The van der Waals surface area contributed by atoms with Gasteiger partial charge in [-0.15, -0.1) is 0 Å². The highest BCUT2D eigenvalue weighted by Gasteiger charge is 2.44. The highest BCUT2D eigenvalue weighted by molar-refractivity contribution is 6.23. The number of hydrogen-bond acceptors (Lipinski definition) is 10. The number of rotatable bonds is 11. The Bertz CT molecular complexity index is 2690. The molecule has 59 heavy (non-hydrogen) atoms. The monoisotopic (exact) mass is 788 g/mol. The lowest BCUT2D eigenvalue weighted by Crippen LogP contribution is -2.51. The fraction of sp³-hybridized carbons (Fsp3) is 0.261. The summed E-state index contributed by atoms with van der Waals surface area (Å²) in [6.45, 7) is 6.03. The third-order valence-corrected chi connectivity index (χ3v) is 10.9. The van der Waals surface area contributed by atoms with Gasteiger partial charge in [0.25, 0.3) is 11.8 Å². The predicted octanol–water partition coefficient (Wildman–Crippen LogP) is 6.40. The van der Waals surface area contributed by atoms with E-state index in [1.54, 1.807) is 18.3 Å². The number of aromatic nitrogens is 4. The van der Waals surface area contributed by atoms with Gasteiger partial charge in [0.2, 0.25) is 11.8 Å². The van der Waals surface area contributed by atoms with Crippen LogP contribution < -0.4 is 19.5 Å². The van der Waals surface area contributed by atoms with Crippen LogP contribution in [0.5, 0.6) is 17.4 Å². The normalized spacial score (nSPS) is 19.2. The lowest BCUT2D eigenvalue weighted by atomic mass is 9.92. The standard InChI is InChI=1S/C46H40N6O7/c1-27-4-14-41(44(53)50-27)52-45(54)37-13-11-32(23-38(37)46(52)55)57-19-18-56-28(2)5-8-31-9-10-33(25-48-31)58-34-21-35(22-34)59-43-15-7-30(24-49-43)29-6-12-36-39-26-47-17-16-40(39)51(3)42(36)20-29/h6-7,9-13,15-17,20,23-26,28,34-35,41H,1,4,14,18-19,21-22H2,2-3H3,(H,50,53). The van der Waals surface area contributed by atoms with Crippen molar-refractivity contribution in [1.29, 1.82) is 0 Å². The van der Waals surface area contributed by atoms with Crippen LogP contribution in [-0.4, -0.2) is 79.7 Å². The minimum atomic E-state index is -0.866. The van der Waals surface area contributed by atoms with Gasteiger partial charge < -0.3 is 28.8 Å². The first-order valence-electron chi connectivity index (χ1n) is 19.5. The third-order valence-electron chi connectivity index (χ3n) is 10.9. The van der Waals surface area contributed by atoms with Crippen molar-refractivity contribution in [3.05, 3.63) is 121 Å². The Labute approximate surface area is 340 Å². The van der Waals surface area contributed by atoms with E-state index >= 15 is 0 Å². The number of amides is 3. The molecule has 1 aliphatic carbocycles. The van der Waals surface area contributed by atoms with Crippen LogP contribution in [0.4, 0.5) is 0 Å². The fourth-order valence-corrected chi connectivity index (χ4v) is 7.67. The second kappa shape index (κ2) is 15.7. The van der Waals surface area contributed by atoms with E-state index in [0.717, 1.165) is 45.3 Å². The number of allylic oxidation sites excluding steroid dienone is 1. The van der Waals surface area contributed by atoms with Crippen LogP contribution in [0.3, 0.4) is 0 Å². The van der Waals surface area contributed by atoms with Crippen LogP contribution in [0.2, 0.25) is 0 Å². The molecule has 2 atom stereocenters. The molecular weight excluding hydrogens is 749 g/mol. The van der Waals surface area contributed by atoms with Crippen molar-refractivity contribution < 1.29 is 33.3 Å². The number of carbonyl (C=O) groups is 3. The molecule has 0 radical (unpaired) electrons. The van der Waals surface area contributed by atoms with Crippen LogP contribution >= 0.6 is 0 Å². The van der Waals surface area contributed by atoms with Crippen LogP contribution in [0, 0.1) is 11.8 Å². The Kier molecular flexibility index (Phi) is 10.00. The van der Waals surface area contributed by atoms with Crippen LogP contribution in [-0.2, 0) is 16.6 Å². The molecule has 6 aromatic rings. The number of ether oxygens (including phenoxy) is 4. The van der Waals surface area contributed by atoms with Crippen molar-refractivity contribution in [3.63, 3.8) is 0 Å². The first kappa shape index (κ1) is 37.5. The summed E-state index contributed by atoms with van der Waals surface area (Å²) in [6, 6.07) is 19.9. The molecule has 2 aromatic carbocycles. The maximum Gasteiger partial charge on any atom is 0.262 e. The molecule has 2 aliphatic heterocycles. The van der Waals surface area contributed by atoms with E-state index in [0.29, 0.717) is 41.6 Å². The lowest BCUT2D eigenvalue weighted by Gasteiger charge is -2.34. The van der Waals surface area contributed by atoms with Gasteiger partial charge in [0.15, 0.2) is 0 Å². The SMILES string of the molecule is C=C1CCC(N2C(=O)c3ccc(OCCOC(C)C#Cc4ccc(OC5CC(Oc6ccc(-c7ccc8c9cnccc9n(C)c8c7)cn6)C5)cn4)cc3C2=O)C(=O)N1. The number of fused-ring (bicyclic) bond motifs is 4. The molecule has 4 aromatic heterocycles. The molecule has 0 spiro atoms. The van der Waals surface area contributed by atoms with Crippen LogP contribution in [0.25, 0.3) is 32.9 Å². The molecule has 1 saturated carbocycles. The molecule has 13 heteroatoms. The van der Waals surface area contributed by atoms with Gasteiger partial charge in [-0.25, -0.2) is 9.97 Å². The molecule has 3 aliphatic rings. The fourth-order valence-electron chi connectivity index (χ4n) is 7.67. The summed E-state index contributed by atoms with van der Waals surface area (Å²) in [5.74, 6) is 6.33. The first-order chi connectivity index (χ1) is 28.7. The van der Waals surface area contributed by atoms with Gasteiger partial charge in [0.05, 0.1) is 29.4 Å². The Morgan fingerprint density at radius 2 is 1.64 bits per heavy atom. The highest BCUT2D eigenvalue weighted by atomic mass is 16.5. The minimum Gasteiger partial charge on any atom is -0.491 e. The molecule has 2 fully saturated rings. The van der Waals surface area contributed by atoms with Crippen molar-refractivity contribution in [2.75, 3.05) is 13.2 Å². The predicted molar refractivity (Wildman–Crippen MR) is 219 cm³/mol. The van der Waals surface area contributed by atoms with E-state index in [1.807, 2.05) is 55.8 Å². The van der Waals surface area contributed by atoms with Gasteiger partial charge in [-0.2, -0.15) is 0 Å². The first-order valence-corrected chi connectivity index (χ1v) is 19.5. The number of nitrogens with zero attached hydrogens (tertiary/aromatic N) is 5. The molecule has 13 nitrogen and oxygen atoms in total. The topological polar surface area (TPSA) is 147 Å². The summed E-state index contributed by atoms with van der Waals surface area (Å²) < 4.78 is 26.0. The van der Waals surface area contributed by atoms with Crippen molar-refractivity contribution in [2.24, 2.45) is 7.05 Å². The number of pyridine rings is 3. The van der Waals surface area contributed by atoms with E-state index in [1.165, 1.54) is 11.5 Å². The van der Waals surface area contributed by atoms with Crippen molar-refractivity contribution in [1.82, 2.24) is 29.7 Å². The summed E-state index contributed by atoms with van der Waals surface area (Å²) in [5.41, 5.74) is 6.03. The summed E-state index contributed by atoms with van der Waals surface area (Å²) in [6.07, 6.45) is 9.24. The van der Waals surface area contributed by atoms with Gasteiger partial charge in [0, 0.05) is 72.1 Å². The smallest absolute Gasteiger partial charge is 0.262 e. The van der Waals surface area contributed by atoms with E-state index in [2.05, 4.69) is 68.5 Å². The van der Waals surface area contributed by atoms with Gasteiger partial charge in [-0.3, -0.25) is 24.3 Å². The Balaban J connectivity index is 0.696. The maximum atomic E-state index is 13.1. The van der Waals surface area contributed by atoms with Crippen LogP contribution in [0.1, 0.15) is 59.0 Å². The van der Waals surface area contributed by atoms with E-state index in [9.17, 15) is 14.4 Å². The number of imide groups is 1. The lowest BCUT2D eigenvalue weighted by molar-refractivity contribution is -0.125. The minimum absolute atomic E-state index is 0.0249. The molecule has 6 heterocycles. The summed E-state index contributed by atoms with van der Waals surface area (Å²) in [7, 11) is 2.07. The van der Waals surface area contributed by atoms with Crippen molar-refractivity contribution in [3.8, 4) is 40.3 Å². The zero-order chi connectivity index (χ0) is 40.6. The molecule has 1 N–H and O–H groups in total. The summed E-state index contributed by atoms with van der Waals surface area (Å²) >= 11 is 0.